The van der Waals surface area contributed by atoms with Crippen molar-refractivity contribution in [2.75, 3.05) is 0 Å². The van der Waals surface area contributed by atoms with Crippen molar-refractivity contribution >= 4 is 27.5 Å². The first-order valence-corrected chi connectivity index (χ1v) is 23.3. The molecule has 71 heavy (non-hydrogen) atoms. The van der Waals surface area contributed by atoms with Crippen LogP contribution in [0.25, 0.3) is 122 Å². The summed E-state index contributed by atoms with van der Waals surface area (Å²) >= 11 is 0. The first-order valence-electron chi connectivity index (χ1n) is 23.3. The predicted molar refractivity (Wildman–Crippen MR) is 286 cm³/mol. The number of nitrogens with zero attached hydrogens (tertiary/aromatic N) is 7. The van der Waals surface area contributed by atoms with Crippen LogP contribution < -0.4 is 0 Å². The van der Waals surface area contributed by atoms with Crippen LogP contribution >= 0.6 is 0 Å². The molecule has 12 rings (SSSR count). The Morgan fingerprint density at radius 2 is 0.775 bits per heavy atom. The van der Waals surface area contributed by atoms with Gasteiger partial charge in [-0.1, -0.05) is 170 Å². The van der Waals surface area contributed by atoms with Crippen LogP contribution in [0.2, 0.25) is 0 Å². The van der Waals surface area contributed by atoms with Crippen LogP contribution in [-0.2, 0) is 0 Å². The molecule has 0 N–H and O–H groups in total. The fourth-order valence-corrected chi connectivity index (χ4v) is 9.33. The van der Waals surface area contributed by atoms with Gasteiger partial charge in [0.15, 0.2) is 17.3 Å². The average Bonchev–Trinajstić information content (AvgIpc) is 3.78. The summed E-state index contributed by atoms with van der Waals surface area (Å²) < 4.78 is 2.33. The zero-order valence-electron chi connectivity index (χ0n) is 38.1. The quantitative estimate of drug-likeness (QED) is 0.135. The lowest BCUT2D eigenvalue weighted by Gasteiger charge is -2.17. The fraction of sp³-hybridized carbons (Fsp3) is 0. The lowest BCUT2D eigenvalue weighted by molar-refractivity contribution is 1.14. The van der Waals surface area contributed by atoms with Gasteiger partial charge >= 0.3 is 0 Å². The Morgan fingerprint density at radius 1 is 0.366 bits per heavy atom. The third kappa shape index (κ3) is 8.16. The highest BCUT2D eigenvalue weighted by atomic mass is 15.0. The minimum Gasteiger partial charge on any atom is -0.309 e. The standard InChI is InChI=1S/C64H39N7/c1-66-52-31-26-44(27-32-52)50-29-34-61-54(37-50)53-36-49(43-24-22-42(41-65)23-25-43)28-33-60(53)71(61)62-35-30-51(64-68-56(45-14-6-2-7-15-45)39-57(69-64)46-16-8-3-9-17-46)38-55(62)59-40-58(47-18-10-4-11-19-47)67-63(70-59)48-20-12-5-13-21-48/h2-40H. The van der Waals surface area contributed by atoms with Crippen LogP contribution in [0.4, 0.5) is 5.69 Å². The van der Waals surface area contributed by atoms with Gasteiger partial charge in [-0.3, -0.25) is 0 Å². The summed E-state index contributed by atoms with van der Waals surface area (Å²) in [4.78, 5) is 24.8. The SMILES string of the molecule is [C-]#[N+]c1ccc(-c2ccc3c(c2)c2cc(-c4ccc(C#N)cc4)ccc2n3-c2ccc(-c3nc(-c4ccccc4)cc(-c4ccccc4)n3)cc2-c2cc(-c3ccccc3)nc(-c3ccccc3)n2)cc1. The first kappa shape index (κ1) is 42.3. The number of fused-ring (bicyclic) bond motifs is 3. The Bertz CT molecular complexity index is 3790. The van der Waals surface area contributed by atoms with E-state index in [2.05, 4.69) is 119 Å². The van der Waals surface area contributed by atoms with Crippen molar-refractivity contribution in [3.8, 4) is 102 Å². The van der Waals surface area contributed by atoms with Crippen molar-refractivity contribution in [1.29, 1.82) is 5.26 Å². The molecule has 9 aromatic carbocycles. The molecule has 0 atom stereocenters. The maximum absolute atomic E-state index is 9.59. The summed E-state index contributed by atoms with van der Waals surface area (Å²) in [6, 6.07) is 82.3. The molecule has 0 unspecified atom stereocenters. The van der Waals surface area contributed by atoms with Gasteiger partial charge in [0, 0.05) is 44.2 Å². The molecule has 0 saturated carbocycles. The van der Waals surface area contributed by atoms with E-state index < -0.39 is 0 Å². The first-order chi connectivity index (χ1) is 35.1. The van der Waals surface area contributed by atoms with Gasteiger partial charge in [-0.2, -0.15) is 5.26 Å². The molecule has 3 heterocycles. The normalized spacial score (nSPS) is 11.1. The van der Waals surface area contributed by atoms with Crippen molar-refractivity contribution in [3.63, 3.8) is 0 Å². The minimum absolute atomic E-state index is 0.585. The molecule has 0 bridgehead atoms. The van der Waals surface area contributed by atoms with E-state index in [0.717, 1.165) is 106 Å². The van der Waals surface area contributed by atoms with E-state index in [0.29, 0.717) is 22.9 Å². The van der Waals surface area contributed by atoms with Crippen LogP contribution in [-0.4, -0.2) is 24.5 Å². The Balaban J connectivity index is 1.14. The lowest BCUT2D eigenvalue weighted by atomic mass is 9.99. The smallest absolute Gasteiger partial charge is 0.187 e. The second kappa shape index (κ2) is 18.2. The molecule has 0 aliphatic carbocycles. The predicted octanol–water partition coefficient (Wildman–Crippen LogP) is 16.1. The Morgan fingerprint density at radius 3 is 1.25 bits per heavy atom. The van der Waals surface area contributed by atoms with Crippen LogP contribution in [0.5, 0.6) is 0 Å². The van der Waals surface area contributed by atoms with E-state index in [-0.39, 0.29) is 0 Å². The zero-order valence-corrected chi connectivity index (χ0v) is 38.1. The Kier molecular flexibility index (Phi) is 10.8. The van der Waals surface area contributed by atoms with E-state index in [1.54, 1.807) is 0 Å². The van der Waals surface area contributed by atoms with Crippen LogP contribution in [0.1, 0.15) is 5.56 Å². The molecule has 0 radical (unpaired) electrons. The van der Waals surface area contributed by atoms with E-state index in [1.165, 1.54) is 0 Å². The van der Waals surface area contributed by atoms with Crippen molar-refractivity contribution in [1.82, 2.24) is 24.5 Å². The minimum atomic E-state index is 0.585. The number of rotatable bonds is 9. The molecule has 330 valence electrons. The monoisotopic (exact) mass is 905 g/mol. The molecule has 0 amide bonds. The number of hydrogen-bond acceptors (Lipinski definition) is 5. The van der Waals surface area contributed by atoms with Gasteiger partial charge in [0.05, 0.1) is 57.7 Å². The summed E-state index contributed by atoms with van der Waals surface area (Å²) in [7, 11) is 0. The van der Waals surface area contributed by atoms with Gasteiger partial charge in [0.2, 0.25) is 0 Å². The van der Waals surface area contributed by atoms with Crippen molar-refractivity contribution in [2.45, 2.75) is 0 Å². The van der Waals surface area contributed by atoms with Gasteiger partial charge in [0.25, 0.3) is 0 Å². The number of hydrogen-bond donors (Lipinski definition) is 0. The van der Waals surface area contributed by atoms with Gasteiger partial charge < -0.3 is 4.57 Å². The molecule has 0 spiro atoms. The second-order valence-electron chi connectivity index (χ2n) is 17.3. The summed E-state index contributed by atoms with van der Waals surface area (Å²) in [5, 5.41) is 11.7. The number of nitriles is 1. The lowest BCUT2D eigenvalue weighted by Crippen LogP contribution is -2.02. The summed E-state index contributed by atoms with van der Waals surface area (Å²) in [5.74, 6) is 1.19. The molecule has 0 saturated heterocycles. The molecular formula is C64H39N7. The van der Waals surface area contributed by atoms with Crippen LogP contribution in [0.15, 0.2) is 237 Å². The summed E-state index contributed by atoms with van der Waals surface area (Å²) in [5.41, 5.74) is 16.9. The number of benzene rings is 9. The third-order valence-electron chi connectivity index (χ3n) is 12.9. The largest absolute Gasteiger partial charge is 0.309 e. The second-order valence-corrected chi connectivity index (χ2v) is 17.3. The fourth-order valence-electron chi connectivity index (χ4n) is 9.33. The molecule has 0 aliphatic rings. The molecule has 7 heteroatoms. The van der Waals surface area contributed by atoms with Gasteiger partial charge in [-0.05, 0) is 89.0 Å². The summed E-state index contributed by atoms with van der Waals surface area (Å²) in [6.45, 7) is 7.55. The van der Waals surface area contributed by atoms with E-state index in [9.17, 15) is 5.26 Å². The number of aromatic nitrogens is 5. The van der Waals surface area contributed by atoms with Gasteiger partial charge in [-0.15, -0.1) is 0 Å². The van der Waals surface area contributed by atoms with Crippen molar-refractivity contribution in [2.24, 2.45) is 0 Å². The maximum Gasteiger partial charge on any atom is 0.187 e. The van der Waals surface area contributed by atoms with E-state index >= 15 is 0 Å². The van der Waals surface area contributed by atoms with Crippen LogP contribution in [0, 0.1) is 17.9 Å². The van der Waals surface area contributed by atoms with E-state index in [4.69, 9.17) is 26.5 Å². The highest BCUT2D eigenvalue weighted by Crippen LogP contribution is 2.42. The molecule has 12 aromatic rings. The third-order valence-corrected chi connectivity index (χ3v) is 12.9. The van der Waals surface area contributed by atoms with Gasteiger partial charge in [0.1, 0.15) is 0 Å². The Hall–Kier alpha value is -10.1. The Labute approximate surface area is 410 Å². The highest BCUT2D eigenvalue weighted by Gasteiger charge is 2.22. The molecular weight excluding hydrogens is 867 g/mol. The average molecular weight is 906 g/mol. The molecule has 0 aliphatic heterocycles. The topological polar surface area (TPSA) is 84.6 Å². The van der Waals surface area contributed by atoms with Crippen molar-refractivity contribution in [3.05, 3.63) is 254 Å². The van der Waals surface area contributed by atoms with Crippen molar-refractivity contribution < 1.29 is 0 Å². The molecule has 0 fully saturated rings. The molecule has 7 nitrogen and oxygen atoms in total. The zero-order chi connectivity index (χ0) is 47.7. The molecule has 3 aromatic heterocycles. The van der Waals surface area contributed by atoms with E-state index in [1.807, 2.05) is 133 Å². The highest BCUT2D eigenvalue weighted by molar-refractivity contribution is 6.12. The summed E-state index contributed by atoms with van der Waals surface area (Å²) in [6.07, 6.45) is 0. The van der Waals surface area contributed by atoms with Gasteiger partial charge in [-0.25, -0.2) is 24.8 Å². The maximum atomic E-state index is 9.59. The van der Waals surface area contributed by atoms with Crippen LogP contribution in [0.3, 0.4) is 0 Å².